The highest BCUT2D eigenvalue weighted by Gasteiger charge is 2.26. The normalized spacial score (nSPS) is 18.9. The third-order valence-electron chi connectivity index (χ3n) is 5.10. The number of H-pyrrole nitrogens is 1. The summed E-state index contributed by atoms with van der Waals surface area (Å²) in [6, 6.07) is 6.84. The quantitative estimate of drug-likeness (QED) is 0.690. The van der Waals surface area contributed by atoms with Crippen LogP contribution in [-0.4, -0.2) is 36.7 Å². The minimum Gasteiger partial charge on any atom is -0.348 e. The lowest BCUT2D eigenvalue weighted by Crippen LogP contribution is -2.41. The standard InChI is InChI=1S/C20H20N6O3/c27-17-6-5-16(13-7-9-21-10-8-13)25-26(17)15-3-1-14(2-4-15)24-20(29)18-19(28)23-12-11-22-18/h5-12,14-15H,1-4H2,(H,23,28)(H,24,29). The number of hydrogen-bond acceptors (Lipinski definition) is 6. The Kier molecular flexibility index (Phi) is 5.28. The van der Waals surface area contributed by atoms with Crippen molar-refractivity contribution in [2.24, 2.45) is 0 Å². The molecular formula is C20H20N6O3. The van der Waals surface area contributed by atoms with Gasteiger partial charge in [0.2, 0.25) is 0 Å². The lowest BCUT2D eigenvalue weighted by molar-refractivity contribution is 0.0914. The number of carbonyl (C=O) groups excluding carboxylic acids is 1. The molecule has 3 heterocycles. The average Bonchev–Trinajstić information content (AvgIpc) is 2.76. The Morgan fingerprint density at radius 2 is 1.79 bits per heavy atom. The third-order valence-corrected chi connectivity index (χ3v) is 5.10. The summed E-state index contributed by atoms with van der Waals surface area (Å²) < 4.78 is 1.54. The molecule has 0 aliphatic heterocycles. The van der Waals surface area contributed by atoms with Crippen molar-refractivity contribution < 1.29 is 4.79 Å². The van der Waals surface area contributed by atoms with Gasteiger partial charge in [-0.25, -0.2) is 9.67 Å². The van der Waals surface area contributed by atoms with Crippen LogP contribution < -0.4 is 16.4 Å². The molecule has 0 radical (unpaired) electrons. The summed E-state index contributed by atoms with van der Waals surface area (Å²) in [5.74, 6) is -0.481. The number of aromatic nitrogens is 5. The van der Waals surface area contributed by atoms with Gasteiger partial charge in [-0.2, -0.15) is 5.10 Å². The summed E-state index contributed by atoms with van der Waals surface area (Å²) in [6.07, 6.45) is 8.92. The van der Waals surface area contributed by atoms with Gasteiger partial charge in [0.25, 0.3) is 17.0 Å². The van der Waals surface area contributed by atoms with Crippen LogP contribution in [0.15, 0.2) is 58.6 Å². The molecule has 1 amide bonds. The minimum absolute atomic E-state index is 0.0318. The summed E-state index contributed by atoms with van der Waals surface area (Å²) in [6.45, 7) is 0. The fourth-order valence-electron chi connectivity index (χ4n) is 3.60. The second kappa shape index (κ2) is 8.17. The van der Waals surface area contributed by atoms with Gasteiger partial charge in [-0.05, 0) is 43.9 Å². The van der Waals surface area contributed by atoms with E-state index in [-0.39, 0.29) is 23.3 Å². The smallest absolute Gasteiger partial charge is 0.279 e. The van der Waals surface area contributed by atoms with Crippen LogP contribution in [0, 0.1) is 0 Å². The summed E-state index contributed by atoms with van der Waals surface area (Å²) in [5.41, 5.74) is 0.822. The van der Waals surface area contributed by atoms with Gasteiger partial charge in [-0.1, -0.05) is 0 Å². The Hall–Kier alpha value is -3.62. The first-order valence-electron chi connectivity index (χ1n) is 9.46. The van der Waals surface area contributed by atoms with E-state index in [0.29, 0.717) is 25.7 Å². The van der Waals surface area contributed by atoms with E-state index in [1.54, 1.807) is 18.5 Å². The molecule has 9 nitrogen and oxygen atoms in total. The topological polar surface area (TPSA) is 123 Å². The van der Waals surface area contributed by atoms with Gasteiger partial charge >= 0.3 is 0 Å². The molecule has 29 heavy (non-hydrogen) atoms. The Morgan fingerprint density at radius 3 is 2.52 bits per heavy atom. The molecule has 148 valence electrons. The molecular weight excluding hydrogens is 372 g/mol. The second-order valence-corrected chi connectivity index (χ2v) is 6.98. The first-order valence-corrected chi connectivity index (χ1v) is 9.46. The zero-order chi connectivity index (χ0) is 20.2. The van der Waals surface area contributed by atoms with E-state index < -0.39 is 11.5 Å². The van der Waals surface area contributed by atoms with Gasteiger partial charge in [0.05, 0.1) is 11.7 Å². The lowest BCUT2D eigenvalue weighted by atomic mass is 9.91. The summed E-state index contributed by atoms with van der Waals surface area (Å²) in [4.78, 5) is 46.6. The molecule has 9 heteroatoms. The van der Waals surface area contributed by atoms with Crippen molar-refractivity contribution in [1.82, 2.24) is 30.0 Å². The van der Waals surface area contributed by atoms with E-state index >= 15 is 0 Å². The maximum absolute atomic E-state index is 12.4. The molecule has 1 fully saturated rings. The van der Waals surface area contributed by atoms with Crippen LogP contribution in [-0.2, 0) is 0 Å². The van der Waals surface area contributed by atoms with Crippen LogP contribution in [0.25, 0.3) is 11.3 Å². The predicted octanol–water partition coefficient (Wildman–Crippen LogP) is 1.30. The number of nitrogens with zero attached hydrogens (tertiary/aromatic N) is 4. The maximum Gasteiger partial charge on any atom is 0.279 e. The molecule has 2 N–H and O–H groups in total. The van der Waals surface area contributed by atoms with E-state index in [1.165, 1.54) is 23.1 Å². The number of pyridine rings is 1. The van der Waals surface area contributed by atoms with Crippen LogP contribution in [0.1, 0.15) is 42.2 Å². The third kappa shape index (κ3) is 4.13. The fraction of sp³-hybridized carbons (Fsp3) is 0.300. The number of nitrogens with one attached hydrogen (secondary N) is 2. The summed E-state index contributed by atoms with van der Waals surface area (Å²) in [7, 11) is 0. The van der Waals surface area contributed by atoms with E-state index in [1.807, 2.05) is 12.1 Å². The van der Waals surface area contributed by atoms with Crippen molar-refractivity contribution in [3.8, 4) is 11.3 Å². The van der Waals surface area contributed by atoms with Crippen molar-refractivity contribution in [3.63, 3.8) is 0 Å². The summed E-state index contributed by atoms with van der Waals surface area (Å²) in [5, 5.41) is 7.41. The molecule has 3 aromatic rings. The van der Waals surface area contributed by atoms with E-state index in [0.717, 1.165) is 11.3 Å². The molecule has 4 rings (SSSR count). The van der Waals surface area contributed by atoms with E-state index in [9.17, 15) is 14.4 Å². The predicted molar refractivity (Wildman–Crippen MR) is 105 cm³/mol. The molecule has 0 spiro atoms. The minimum atomic E-state index is -0.512. The van der Waals surface area contributed by atoms with Crippen molar-refractivity contribution in [1.29, 1.82) is 0 Å². The molecule has 0 saturated heterocycles. The largest absolute Gasteiger partial charge is 0.348 e. The van der Waals surface area contributed by atoms with Crippen molar-refractivity contribution in [2.75, 3.05) is 0 Å². The first kappa shape index (κ1) is 18.7. The van der Waals surface area contributed by atoms with Crippen molar-refractivity contribution >= 4 is 5.91 Å². The van der Waals surface area contributed by atoms with Gasteiger partial charge in [0, 0.05) is 42.5 Å². The maximum atomic E-state index is 12.4. The van der Waals surface area contributed by atoms with E-state index in [2.05, 4.69) is 25.4 Å². The Morgan fingerprint density at radius 1 is 1.03 bits per heavy atom. The number of amides is 1. The monoisotopic (exact) mass is 392 g/mol. The van der Waals surface area contributed by atoms with Gasteiger partial charge in [-0.15, -0.1) is 0 Å². The second-order valence-electron chi connectivity index (χ2n) is 6.98. The van der Waals surface area contributed by atoms with Crippen molar-refractivity contribution in [2.45, 2.75) is 37.8 Å². The number of rotatable bonds is 4. The zero-order valence-electron chi connectivity index (χ0n) is 15.6. The zero-order valence-corrected chi connectivity index (χ0v) is 15.6. The molecule has 1 aliphatic carbocycles. The van der Waals surface area contributed by atoms with Crippen LogP contribution in [0.4, 0.5) is 0 Å². The Labute approximate surface area is 165 Å². The molecule has 0 aromatic carbocycles. The van der Waals surface area contributed by atoms with Crippen LogP contribution >= 0.6 is 0 Å². The highest BCUT2D eigenvalue weighted by Crippen LogP contribution is 2.27. The number of aromatic amines is 1. The Bertz CT molecular complexity index is 1120. The summed E-state index contributed by atoms with van der Waals surface area (Å²) >= 11 is 0. The molecule has 1 aliphatic rings. The highest BCUT2D eigenvalue weighted by molar-refractivity contribution is 5.92. The number of carbonyl (C=O) groups is 1. The van der Waals surface area contributed by atoms with Gasteiger partial charge in [-0.3, -0.25) is 19.4 Å². The van der Waals surface area contributed by atoms with Crippen LogP contribution in [0.5, 0.6) is 0 Å². The van der Waals surface area contributed by atoms with E-state index in [4.69, 9.17) is 0 Å². The van der Waals surface area contributed by atoms with Gasteiger partial charge < -0.3 is 10.3 Å². The van der Waals surface area contributed by atoms with Crippen LogP contribution in [0.3, 0.4) is 0 Å². The Balaban J connectivity index is 1.43. The highest BCUT2D eigenvalue weighted by atomic mass is 16.2. The van der Waals surface area contributed by atoms with Gasteiger partial charge in [0.1, 0.15) is 0 Å². The fourth-order valence-corrected chi connectivity index (χ4v) is 3.60. The molecule has 1 saturated carbocycles. The number of hydrogen-bond donors (Lipinski definition) is 2. The molecule has 0 unspecified atom stereocenters. The van der Waals surface area contributed by atoms with Crippen LogP contribution in [0.2, 0.25) is 0 Å². The molecule has 3 aromatic heterocycles. The van der Waals surface area contributed by atoms with Gasteiger partial charge in [0.15, 0.2) is 5.69 Å². The SMILES string of the molecule is O=C(NC1CCC(n2nc(-c3ccncc3)ccc2=O)CC1)c1ncc[nH]c1=O. The molecule has 0 atom stereocenters. The molecule has 0 bridgehead atoms. The average molecular weight is 392 g/mol. The van der Waals surface area contributed by atoms with Crippen molar-refractivity contribution in [3.05, 3.63) is 75.5 Å². The lowest BCUT2D eigenvalue weighted by Gasteiger charge is -2.29. The first-order chi connectivity index (χ1) is 14.1.